The van der Waals surface area contributed by atoms with Gasteiger partial charge in [-0.1, -0.05) is 0 Å². The zero-order valence-corrected chi connectivity index (χ0v) is 10.4. The summed E-state index contributed by atoms with van der Waals surface area (Å²) >= 11 is 1.65. The van der Waals surface area contributed by atoms with Gasteiger partial charge in [0, 0.05) is 23.3 Å². The lowest BCUT2D eigenvalue weighted by Gasteiger charge is -2.30. The Balaban J connectivity index is 1.89. The molecule has 0 amide bonds. The summed E-state index contributed by atoms with van der Waals surface area (Å²) in [5, 5.41) is 2.12. The van der Waals surface area contributed by atoms with Crippen molar-refractivity contribution < 1.29 is 0 Å². The van der Waals surface area contributed by atoms with Crippen molar-refractivity contribution in [2.75, 3.05) is 17.2 Å². The Bertz CT molecular complexity index is 507. The molecule has 4 heteroatoms. The Kier molecular flexibility index (Phi) is 2.73. The summed E-state index contributed by atoms with van der Waals surface area (Å²) < 4.78 is 0. The van der Waals surface area contributed by atoms with Gasteiger partial charge in [0.05, 0.1) is 17.7 Å². The fourth-order valence-corrected chi connectivity index (χ4v) is 2.92. The minimum absolute atomic E-state index is 0.860. The van der Waals surface area contributed by atoms with E-state index in [-0.39, 0.29) is 0 Å². The SMILES string of the molecule is Nc1ccc2c(c1)CCCN2Cc1cscn1. The molecule has 0 saturated carbocycles. The molecule has 0 bridgehead atoms. The molecule has 88 valence electrons. The third-order valence-corrected chi connectivity index (χ3v) is 3.79. The second-order valence-electron chi connectivity index (χ2n) is 4.39. The molecule has 3 rings (SSSR count). The zero-order chi connectivity index (χ0) is 11.7. The van der Waals surface area contributed by atoms with Crippen LogP contribution < -0.4 is 10.6 Å². The van der Waals surface area contributed by atoms with E-state index in [1.165, 1.54) is 17.7 Å². The molecule has 2 N–H and O–H groups in total. The van der Waals surface area contributed by atoms with Gasteiger partial charge in [0.25, 0.3) is 0 Å². The summed E-state index contributed by atoms with van der Waals surface area (Å²) in [4.78, 5) is 6.75. The van der Waals surface area contributed by atoms with Gasteiger partial charge in [-0.2, -0.15) is 0 Å². The molecule has 2 aromatic rings. The summed E-state index contributed by atoms with van der Waals surface area (Å²) in [5.41, 5.74) is 12.4. The predicted molar refractivity (Wildman–Crippen MR) is 72.3 cm³/mol. The van der Waals surface area contributed by atoms with Gasteiger partial charge in [-0.05, 0) is 36.6 Å². The number of thiazole rings is 1. The number of fused-ring (bicyclic) bond motifs is 1. The fraction of sp³-hybridized carbons (Fsp3) is 0.308. The van der Waals surface area contributed by atoms with Crippen LogP contribution in [0.5, 0.6) is 0 Å². The first-order valence-corrected chi connectivity index (χ1v) is 6.77. The van der Waals surface area contributed by atoms with E-state index < -0.39 is 0 Å². The Morgan fingerprint density at radius 3 is 3.18 bits per heavy atom. The molecule has 1 aliphatic heterocycles. The second-order valence-corrected chi connectivity index (χ2v) is 5.11. The van der Waals surface area contributed by atoms with Gasteiger partial charge in [-0.25, -0.2) is 4.98 Å². The van der Waals surface area contributed by atoms with Gasteiger partial charge in [-0.15, -0.1) is 11.3 Å². The van der Waals surface area contributed by atoms with E-state index in [0.717, 1.165) is 30.9 Å². The molecule has 0 spiro atoms. The maximum Gasteiger partial charge on any atom is 0.0795 e. The van der Waals surface area contributed by atoms with Crippen LogP contribution in [0.25, 0.3) is 0 Å². The standard InChI is InChI=1S/C13H15N3S/c14-11-3-4-13-10(6-11)2-1-5-16(13)7-12-8-17-9-15-12/h3-4,6,8-9H,1-2,5,7,14H2. The van der Waals surface area contributed by atoms with Crippen LogP contribution >= 0.6 is 11.3 Å². The van der Waals surface area contributed by atoms with Crippen LogP contribution in [-0.4, -0.2) is 11.5 Å². The minimum Gasteiger partial charge on any atom is -0.399 e. The summed E-state index contributed by atoms with van der Waals surface area (Å²) in [6.45, 7) is 2.01. The van der Waals surface area contributed by atoms with Crippen LogP contribution in [0.4, 0.5) is 11.4 Å². The normalized spacial score (nSPS) is 14.7. The number of rotatable bonds is 2. The lowest BCUT2D eigenvalue weighted by molar-refractivity contribution is 0.686. The molecule has 0 atom stereocenters. The highest BCUT2D eigenvalue weighted by Gasteiger charge is 2.17. The van der Waals surface area contributed by atoms with Crippen LogP contribution in [0.3, 0.4) is 0 Å². The minimum atomic E-state index is 0.860. The fourth-order valence-electron chi connectivity index (χ4n) is 2.37. The molecule has 3 nitrogen and oxygen atoms in total. The molecule has 0 aliphatic carbocycles. The largest absolute Gasteiger partial charge is 0.399 e. The van der Waals surface area contributed by atoms with Crippen molar-refractivity contribution in [1.82, 2.24) is 4.98 Å². The first-order chi connectivity index (χ1) is 8.33. The molecule has 0 fully saturated rings. The van der Waals surface area contributed by atoms with Crippen LogP contribution in [0.1, 0.15) is 17.7 Å². The molecule has 1 aromatic carbocycles. The highest BCUT2D eigenvalue weighted by atomic mass is 32.1. The number of aryl methyl sites for hydroxylation is 1. The molecule has 0 saturated heterocycles. The number of nitrogens with two attached hydrogens (primary N) is 1. The van der Waals surface area contributed by atoms with Crippen LogP contribution in [0.15, 0.2) is 29.1 Å². The van der Waals surface area contributed by atoms with E-state index in [2.05, 4.69) is 27.4 Å². The molecule has 2 heterocycles. The highest BCUT2D eigenvalue weighted by Crippen LogP contribution is 2.29. The Morgan fingerprint density at radius 1 is 1.41 bits per heavy atom. The monoisotopic (exact) mass is 245 g/mol. The maximum atomic E-state index is 5.83. The van der Waals surface area contributed by atoms with Crippen molar-refractivity contribution in [3.63, 3.8) is 0 Å². The molecule has 1 aliphatic rings. The summed E-state index contributed by atoms with van der Waals surface area (Å²) in [5.74, 6) is 0. The quantitative estimate of drug-likeness (QED) is 0.827. The average Bonchev–Trinajstić information content (AvgIpc) is 2.82. The molecular weight excluding hydrogens is 230 g/mol. The van der Waals surface area contributed by atoms with Crippen molar-refractivity contribution in [2.45, 2.75) is 19.4 Å². The lowest BCUT2D eigenvalue weighted by Crippen LogP contribution is -2.28. The van der Waals surface area contributed by atoms with Gasteiger partial charge < -0.3 is 10.6 Å². The Labute approximate surface area is 105 Å². The van der Waals surface area contributed by atoms with E-state index in [0.29, 0.717) is 0 Å². The zero-order valence-electron chi connectivity index (χ0n) is 9.60. The molecule has 1 aromatic heterocycles. The van der Waals surface area contributed by atoms with Crippen molar-refractivity contribution in [1.29, 1.82) is 0 Å². The third-order valence-electron chi connectivity index (χ3n) is 3.15. The Hall–Kier alpha value is -1.55. The van der Waals surface area contributed by atoms with Gasteiger partial charge in [0.2, 0.25) is 0 Å². The maximum absolute atomic E-state index is 5.83. The molecule has 0 unspecified atom stereocenters. The highest BCUT2D eigenvalue weighted by molar-refractivity contribution is 7.07. The number of nitrogens with zero attached hydrogens (tertiary/aromatic N) is 2. The van der Waals surface area contributed by atoms with Crippen LogP contribution in [-0.2, 0) is 13.0 Å². The van der Waals surface area contributed by atoms with E-state index >= 15 is 0 Å². The number of hydrogen-bond donors (Lipinski definition) is 1. The van der Waals surface area contributed by atoms with Crippen molar-refractivity contribution in [2.24, 2.45) is 0 Å². The summed E-state index contributed by atoms with van der Waals surface area (Å²) in [7, 11) is 0. The lowest BCUT2D eigenvalue weighted by atomic mass is 10.0. The first-order valence-electron chi connectivity index (χ1n) is 5.83. The van der Waals surface area contributed by atoms with Gasteiger partial charge in [0.15, 0.2) is 0 Å². The number of hydrogen-bond acceptors (Lipinski definition) is 4. The first kappa shape index (κ1) is 10.6. The summed E-state index contributed by atoms with van der Waals surface area (Å²) in [6, 6.07) is 6.22. The van der Waals surface area contributed by atoms with Crippen molar-refractivity contribution >= 4 is 22.7 Å². The number of anilines is 2. The molecular formula is C13H15N3S. The smallest absolute Gasteiger partial charge is 0.0795 e. The molecule has 0 radical (unpaired) electrons. The van der Waals surface area contributed by atoms with Crippen LogP contribution in [0, 0.1) is 0 Å². The van der Waals surface area contributed by atoms with Crippen LogP contribution in [0.2, 0.25) is 0 Å². The third kappa shape index (κ3) is 2.13. The average molecular weight is 245 g/mol. The van der Waals surface area contributed by atoms with E-state index in [1.54, 1.807) is 11.3 Å². The van der Waals surface area contributed by atoms with Gasteiger partial charge >= 0.3 is 0 Å². The second kappa shape index (κ2) is 4.37. The molecule has 17 heavy (non-hydrogen) atoms. The van der Waals surface area contributed by atoms with E-state index in [1.807, 2.05) is 11.6 Å². The van der Waals surface area contributed by atoms with Gasteiger partial charge in [0.1, 0.15) is 0 Å². The Morgan fingerprint density at radius 2 is 2.35 bits per heavy atom. The van der Waals surface area contributed by atoms with Crippen molar-refractivity contribution in [3.05, 3.63) is 40.3 Å². The van der Waals surface area contributed by atoms with Gasteiger partial charge in [-0.3, -0.25) is 0 Å². The number of benzene rings is 1. The van der Waals surface area contributed by atoms with E-state index in [4.69, 9.17) is 5.73 Å². The summed E-state index contributed by atoms with van der Waals surface area (Å²) in [6.07, 6.45) is 2.33. The number of nitrogen functional groups attached to an aromatic ring is 1. The van der Waals surface area contributed by atoms with Crippen molar-refractivity contribution in [3.8, 4) is 0 Å². The van der Waals surface area contributed by atoms with E-state index in [9.17, 15) is 0 Å². The topological polar surface area (TPSA) is 42.1 Å². The predicted octanol–water partition coefficient (Wildman–Crippen LogP) is 2.68. The number of aromatic nitrogens is 1.